The molecule has 1 aliphatic heterocycles. The fourth-order valence-corrected chi connectivity index (χ4v) is 1.56. The van der Waals surface area contributed by atoms with Crippen molar-refractivity contribution in [2.24, 2.45) is 0 Å². The normalized spacial score (nSPS) is 19.9. The Balaban J connectivity index is 1.95. The highest BCUT2D eigenvalue weighted by Crippen LogP contribution is 2.00. The number of nitrogens with one attached hydrogen (secondary N) is 2. The van der Waals surface area contributed by atoms with Crippen LogP contribution in [0.15, 0.2) is 12.7 Å². The second-order valence-electron chi connectivity index (χ2n) is 3.94. The summed E-state index contributed by atoms with van der Waals surface area (Å²) in [5.74, 6) is 0.0195. The Hall–Kier alpha value is -0.910. The van der Waals surface area contributed by atoms with Gasteiger partial charge < -0.3 is 20.1 Å². The number of morpholine rings is 1. The predicted octanol–water partition coefficient (Wildman–Crippen LogP) is 0.0738. The first-order chi connectivity index (χ1) is 8.33. The third kappa shape index (κ3) is 7.10. The van der Waals surface area contributed by atoms with E-state index < -0.39 is 0 Å². The first-order valence-corrected chi connectivity index (χ1v) is 6.10. The maximum Gasteiger partial charge on any atom is 0.222 e. The Morgan fingerprint density at radius 3 is 3.18 bits per heavy atom. The summed E-state index contributed by atoms with van der Waals surface area (Å²) in [7, 11) is 0. The lowest BCUT2D eigenvalue weighted by Crippen LogP contribution is -2.41. The van der Waals surface area contributed by atoms with E-state index >= 15 is 0 Å². The monoisotopic (exact) mass is 242 g/mol. The maximum absolute atomic E-state index is 11.5. The lowest BCUT2D eigenvalue weighted by Gasteiger charge is -2.23. The van der Waals surface area contributed by atoms with E-state index in [4.69, 9.17) is 9.47 Å². The highest BCUT2D eigenvalue weighted by molar-refractivity contribution is 5.76. The Kier molecular flexibility index (Phi) is 7.62. The van der Waals surface area contributed by atoms with E-state index in [9.17, 15) is 4.79 Å². The average Bonchev–Trinajstić information content (AvgIpc) is 2.35. The summed E-state index contributed by atoms with van der Waals surface area (Å²) in [5, 5.41) is 6.00. The second-order valence-corrected chi connectivity index (χ2v) is 3.94. The number of hydrogen-bond donors (Lipinski definition) is 2. The minimum atomic E-state index is 0.00503. The van der Waals surface area contributed by atoms with Crippen LogP contribution in [0, 0.1) is 0 Å². The number of ether oxygens (including phenoxy) is 2. The Labute approximate surface area is 103 Å². The van der Waals surface area contributed by atoms with Crippen molar-refractivity contribution in [3.63, 3.8) is 0 Å². The molecular weight excluding hydrogens is 220 g/mol. The summed E-state index contributed by atoms with van der Waals surface area (Å²) in [6, 6.07) is 0. The molecule has 1 aliphatic rings. The van der Waals surface area contributed by atoms with Gasteiger partial charge in [0.2, 0.25) is 5.91 Å². The largest absolute Gasteiger partial charge is 0.379 e. The molecule has 98 valence electrons. The SMILES string of the molecule is C=CCCOCCNC(=O)CC1CNCCO1. The Morgan fingerprint density at radius 1 is 1.59 bits per heavy atom. The van der Waals surface area contributed by atoms with Crippen LogP contribution in [0.5, 0.6) is 0 Å². The third-order valence-corrected chi connectivity index (χ3v) is 2.45. The predicted molar refractivity (Wildman–Crippen MR) is 65.9 cm³/mol. The summed E-state index contributed by atoms with van der Waals surface area (Å²) in [6.07, 6.45) is 3.08. The zero-order valence-electron chi connectivity index (χ0n) is 10.2. The van der Waals surface area contributed by atoms with E-state index in [2.05, 4.69) is 17.2 Å². The van der Waals surface area contributed by atoms with Gasteiger partial charge in [-0.2, -0.15) is 0 Å². The number of rotatable bonds is 8. The van der Waals surface area contributed by atoms with Crippen LogP contribution in [-0.2, 0) is 14.3 Å². The van der Waals surface area contributed by atoms with Crippen molar-refractivity contribution >= 4 is 5.91 Å². The van der Waals surface area contributed by atoms with Gasteiger partial charge in [0.25, 0.3) is 0 Å². The molecular formula is C12H22N2O3. The smallest absolute Gasteiger partial charge is 0.222 e. The molecule has 1 heterocycles. The summed E-state index contributed by atoms with van der Waals surface area (Å²) < 4.78 is 10.7. The summed E-state index contributed by atoms with van der Waals surface area (Å²) in [5.41, 5.74) is 0. The van der Waals surface area contributed by atoms with Gasteiger partial charge in [-0.1, -0.05) is 6.08 Å². The van der Waals surface area contributed by atoms with Crippen molar-refractivity contribution in [1.82, 2.24) is 10.6 Å². The molecule has 0 radical (unpaired) electrons. The van der Waals surface area contributed by atoms with E-state index in [0.717, 1.165) is 19.5 Å². The zero-order chi connectivity index (χ0) is 12.3. The Bertz CT molecular complexity index is 228. The van der Waals surface area contributed by atoms with E-state index in [-0.39, 0.29) is 12.0 Å². The van der Waals surface area contributed by atoms with Crippen molar-refractivity contribution in [2.45, 2.75) is 18.9 Å². The molecule has 5 nitrogen and oxygen atoms in total. The van der Waals surface area contributed by atoms with E-state index in [1.54, 1.807) is 0 Å². The minimum Gasteiger partial charge on any atom is -0.379 e. The molecule has 1 atom stereocenters. The van der Waals surface area contributed by atoms with Crippen LogP contribution >= 0.6 is 0 Å². The first-order valence-electron chi connectivity index (χ1n) is 6.10. The van der Waals surface area contributed by atoms with E-state index in [1.165, 1.54) is 0 Å². The van der Waals surface area contributed by atoms with Crippen LogP contribution < -0.4 is 10.6 Å². The highest BCUT2D eigenvalue weighted by Gasteiger charge is 2.16. The zero-order valence-corrected chi connectivity index (χ0v) is 10.2. The standard InChI is InChI=1S/C12H22N2O3/c1-2-3-6-16-7-5-14-12(15)9-11-10-13-4-8-17-11/h2,11,13H,1,3-10H2,(H,14,15). The van der Waals surface area contributed by atoms with Gasteiger partial charge in [-0.3, -0.25) is 4.79 Å². The van der Waals surface area contributed by atoms with Crippen molar-refractivity contribution in [2.75, 3.05) is 39.5 Å². The van der Waals surface area contributed by atoms with Crippen molar-refractivity contribution in [3.05, 3.63) is 12.7 Å². The van der Waals surface area contributed by atoms with Gasteiger partial charge in [0.1, 0.15) is 0 Å². The molecule has 1 amide bonds. The third-order valence-electron chi connectivity index (χ3n) is 2.45. The van der Waals surface area contributed by atoms with Crippen molar-refractivity contribution in [3.8, 4) is 0 Å². The fourth-order valence-electron chi connectivity index (χ4n) is 1.56. The van der Waals surface area contributed by atoms with Gasteiger partial charge >= 0.3 is 0 Å². The van der Waals surface area contributed by atoms with Crippen LogP contribution in [0.4, 0.5) is 0 Å². The van der Waals surface area contributed by atoms with Gasteiger partial charge in [0.15, 0.2) is 0 Å². The first kappa shape index (κ1) is 14.2. The lowest BCUT2D eigenvalue weighted by molar-refractivity contribution is -0.124. The van der Waals surface area contributed by atoms with Crippen LogP contribution in [0.2, 0.25) is 0 Å². The number of amides is 1. The molecule has 1 fully saturated rings. The molecule has 1 saturated heterocycles. The van der Waals surface area contributed by atoms with Gasteiger partial charge in [-0.05, 0) is 6.42 Å². The van der Waals surface area contributed by atoms with Crippen molar-refractivity contribution in [1.29, 1.82) is 0 Å². The summed E-state index contributed by atoms with van der Waals surface area (Å²) in [4.78, 5) is 11.5. The van der Waals surface area contributed by atoms with Crippen LogP contribution in [0.25, 0.3) is 0 Å². The molecule has 0 aliphatic carbocycles. The van der Waals surface area contributed by atoms with Gasteiger partial charge in [0.05, 0.1) is 32.3 Å². The highest BCUT2D eigenvalue weighted by atomic mass is 16.5. The molecule has 1 rings (SSSR count). The number of carbonyl (C=O) groups is 1. The topological polar surface area (TPSA) is 59.6 Å². The number of carbonyl (C=O) groups excluding carboxylic acids is 1. The molecule has 0 aromatic rings. The molecule has 0 spiro atoms. The number of hydrogen-bond acceptors (Lipinski definition) is 4. The van der Waals surface area contributed by atoms with Crippen LogP contribution in [0.1, 0.15) is 12.8 Å². The van der Waals surface area contributed by atoms with Gasteiger partial charge in [0, 0.05) is 19.6 Å². The molecule has 5 heteroatoms. The lowest BCUT2D eigenvalue weighted by atomic mass is 10.2. The maximum atomic E-state index is 11.5. The summed E-state index contributed by atoms with van der Waals surface area (Å²) in [6.45, 7) is 7.67. The molecule has 0 aromatic carbocycles. The molecule has 1 unspecified atom stereocenters. The minimum absolute atomic E-state index is 0.00503. The molecule has 0 saturated carbocycles. The average molecular weight is 242 g/mol. The molecule has 0 bridgehead atoms. The molecule has 2 N–H and O–H groups in total. The van der Waals surface area contributed by atoms with Crippen LogP contribution in [0.3, 0.4) is 0 Å². The fraction of sp³-hybridized carbons (Fsp3) is 0.750. The van der Waals surface area contributed by atoms with Gasteiger partial charge in [-0.25, -0.2) is 0 Å². The molecule has 0 aromatic heterocycles. The van der Waals surface area contributed by atoms with Crippen LogP contribution in [-0.4, -0.2) is 51.5 Å². The van der Waals surface area contributed by atoms with E-state index in [0.29, 0.717) is 32.8 Å². The second kappa shape index (κ2) is 9.15. The Morgan fingerprint density at radius 2 is 2.47 bits per heavy atom. The summed E-state index contributed by atoms with van der Waals surface area (Å²) >= 11 is 0. The molecule has 17 heavy (non-hydrogen) atoms. The quantitative estimate of drug-likeness (QED) is 0.467. The van der Waals surface area contributed by atoms with Crippen molar-refractivity contribution < 1.29 is 14.3 Å². The van der Waals surface area contributed by atoms with Gasteiger partial charge in [-0.15, -0.1) is 6.58 Å². The van der Waals surface area contributed by atoms with E-state index in [1.807, 2.05) is 6.08 Å².